The Morgan fingerprint density at radius 2 is 2.12 bits per heavy atom. The van der Waals surface area contributed by atoms with Crippen LogP contribution in [0, 0.1) is 5.92 Å². The third-order valence-electron chi connectivity index (χ3n) is 2.42. The molecule has 0 aliphatic heterocycles. The Kier molecular flexibility index (Phi) is 4.77. The highest BCUT2D eigenvalue weighted by Gasteiger charge is 2.09. The van der Waals surface area contributed by atoms with Crippen LogP contribution in [0.3, 0.4) is 0 Å². The third kappa shape index (κ3) is 3.54. The number of carbonyl (C=O) groups excluding carboxylic acids is 1. The fraction of sp³-hybridized carbons (Fsp3) is 0.357. The smallest absolute Gasteiger partial charge is 0.226 e. The van der Waals surface area contributed by atoms with Crippen molar-refractivity contribution in [3.05, 3.63) is 42.5 Å². The summed E-state index contributed by atoms with van der Waals surface area (Å²) in [7, 11) is 0. The monoisotopic (exact) mass is 217 g/mol. The second-order valence-electron chi connectivity index (χ2n) is 4.13. The molecule has 1 aromatic carbocycles. The Morgan fingerprint density at radius 3 is 2.75 bits per heavy atom. The summed E-state index contributed by atoms with van der Waals surface area (Å²) in [5, 5.41) is 2.95. The molecule has 0 aliphatic rings. The van der Waals surface area contributed by atoms with E-state index in [2.05, 4.69) is 11.9 Å². The molecule has 0 atom stereocenters. The number of allylic oxidation sites excluding steroid dienone is 1. The normalized spacial score (nSPS) is 10.2. The topological polar surface area (TPSA) is 29.1 Å². The van der Waals surface area contributed by atoms with E-state index in [1.807, 2.05) is 44.2 Å². The largest absolute Gasteiger partial charge is 0.326 e. The zero-order chi connectivity index (χ0) is 12.0. The first-order valence-electron chi connectivity index (χ1n) is 5.64. The summed E-state index contributed by atoms with van der Waals surface area (Å²) < 4.78 is 0. The van der Waals surface area contributed by atoms with Gasteiger partial charge in [0.05, 0.1) is 0 Å². The summed E-state index contributed by atoms with van der Waals surface area (Å²) >= 11 is 0. The van der Waals surface area contributed by atoms with Crippen LogP contribution in [0.15, 0.2) is 36.9 Å². The van der Waals surface area contributed by atoms with Gasteiger partial charge in [0.15, 0.2) is 0 Å². The molecule has 0 radical (unpaired) electrons. The van der Waals surface area contributed by atoms with Crippen LogP contribution in [0.4, 0.5) is 5.69 Å². The zero-order valence-corrected chi connectivity index (χ0v) is 9.99. The van der Waals surface area contributed by atoms with Gasteiger partial charge >= 0.3 is 0 Å². The lowest BCUT2D eigenvalue weighted by Gasteiger charge is -2.11. The molecule has 1 rings (SSSR count). The van der Waals surface area contributed by atoms with Crippen LogP contribution < -0.4 is 5.32 Å². The molecular weight excluding hydrogens is 198 g/mol. The van der Waals surface area contributed by atoms with Crippen molar-refractivity contribution >= 4 is 11.6 Å². The Bertz CT molecular complexity index is 369. The predicted molar refractivity (Wildman–Crippen MR) is 68.4 cm³/mol. The number of carbonyl (C=O) groups is 1. The van der Waals surface area contributed by atoms with Crippen molar-refractivity contribution in [2.45, 2.75) is 26.7 Å². The van der Waals surface area contributed by atoms with Crippen LogP contribution >= 0.6 is 0 Å². The van der Waals surface area contributed by atoms with Crippen LogP contribution in [0.1, 0.15) is 25.8 Å². The van der Waals surface area contributed by atoms with Gasteiger partial charge in [-0.15, -0.1) is 6.58 Å². The highest BCUT2D eigenvalue weighted by molar-refractivity contribution is 5.92. The van der Waals surface area contributed by atoms with E-state index in [-0.39, 0.29) is 11.8 Å². The molecule has 0 saturated carbocycles. The van der Waals surface area contributed by atoms with E-state index in [0.29, 0.717) is 0 Å². The van der Waals surface area contributed by atoms with Crippen LogP contribution in [-0.2, 0) is 11.2 Å². The van der Waals surface area contributed by atoms with E-state index in [4.69, 9.17) is 0 Å². The Hall–Kier alpha value is -1.57. The molecule has 0 saturated heterocycles. The van der Waals surface area contributed by atoms with Crippen LogP contribution in [0.5, 0.6) is 0 Å². The summed E-state index contributed by atoms with van der Waals surface area (Å²) in [4.78, 5) is 11.6. The maximum absolute atomic E-state index is 11.6. The maximum atomic E-state index is 11.6. The Labute approximate surface area is 97.4 Å². The van der Waals surface area contributed by atoms with Gasteiger partial charge in [0.25, 0.3) is 0 Å². The van der Waals surface area contributed by atoms with E-state index in [1.54, 1.807) is 0 Å². The number of hydrogen-bond acceptors (Lipinski definition) is 1. The number of para-hydroxylation sites is 1. The summed E-state index contributed by atoms with van der Waals surface area (Å²) in [5.74, 6) is 0.0681. The first kappa shape index (κ1) is 12.5. The van der Waals surface area contributed by atoms with Crippen LogP contribution in [-0.4, -0.2) is 5.91 Å². The lowest BCUT2D eigenvalue weighted by molar-refractivity contribution is -0.118. The number of amides is 1. The van der Waals surface area contributed by atoms with E-state index in [1.165, 1.54) is 0 Å². The molecule has 0 unspecified atom stereocenters. The molecule has 1 N–H and O–H groups in total. The summed E-state index contributed by atoms with van der Waals surface area (Å²) in [6.45, 7) is 7.49. The van der Waals surface area contributed by atoms with E-state index in [9.17, 15) is 4.79 Å². The zero-order valence-electron chi connectivity index (χ0n) is 9.99. The molecule has 1 aromatic rings. The second kappa shape index (κ2) is 6.11. The number of nitrogens with one attached hydrogen (secondary N) is 1. The van der Waals surface area contributed by atoms with Gasteiger partial charge in [-0.2, -0.15) is 0 Å². The fourth-order valence-corrected chi connectivity index (χ4v) is 1.39. The quantitative estimate of drug-likeness (QED) is 0.752. The highest BCUT2D eigenvalue weighted by atomic mass is 16.1. The van der Waals surface area contributed by atoms with Crippen molar-refractivity contribution in [3.63, 3.8) is 0 Å². The number of aryl methyl sites for hydroxylation is 1. The summed E-state index contributed by atoms with van der Waals surface area (Å²) in [5.41, 5.74) is 2.08. The van der Waals surface area contributed by atoms with Crippen LogP contribution in [0.25, 0.3) is 0 Å². The molecule has 0 aliphatic carbocycles. The van der Waals surface area contributed by atoms with Crippen molar-refractivity contribution in [1.29, 1.82) is 0 Å². The highest BCUT2D eigenvalue weighted by Crippen LogP contribution is 2.17. The maximum Gasteiger partial charge on any atom is 0.226 e. The Morgan fingerprint density at radius 1 is 1.44 bits per heavy atom. The molecule has 2 heteroatoms. The second-order valence-corrected chi connectivity index (χ2v) is 4.13. The van der Waals surface area contributed by atoms with E-state index < -0.39 is 0 Å². The SMILES string of the molecule is C=CCCc1ccccc1NC(=O)C(C)C. The number of benzene rings is 1. The van der Waals surface area contributed by atoms with Gasteiger partial charge in [-0.05, 0) is 24.5 Å². The van der Waals surface area contributed by atoms with E-state index in [0.717, 1.165) is 24.1 Å². The summed E-state index contributed by atoms with van der Waals surface area (Å²) in [6, 6.07) is 7.91. The van der Waals surface area contributed by atoms with Crippen molar-refractivity contribution < 1.29 is 4.79 Å². The first-order valence-corrected chi connectivity index (χ1v) is 5.64. The molecule has 86 valence electrons. The van der Waals surface area contributed by atoms with Gasteiger partial charge in [0.2, 0.25) is 5.91 Å². The minimum Gasteiger partial charge on any atom is -0.326 e. The minimum atomic E-state index is 0.00691. The number of hydrogen-bond donors (Lipinski definition) is 1. The van der Waals surface area contributed by atoms with Crippen LogP contribution in [0.2, 0.25) is 0 Å². The molecule has 0 fully saturated rings. The average Bonchev–Trinajstić information content (AvgIpc) is 2.27. The molecule has 0 aromatic heterocycles. The Balaban J connectivity index is 2.78. The summed E-state index contributed by atoms with van der Waals surface area (Å²) in [6.07, 6.45) is 3.73. The fourth-order valence-electron chi connectivity index (χ4n) is 1.39. The van der Waals surface area contributed by atoms with Crippen molar-refractivity contribution in [3.8, 4) is 0 Å². The molecule has 0 spiro atoms. The average molecular weight is 217 g/mol. The van der Waals surface area contributed by atoms with Gasteiger partial charge in [0.1, 0.15) is 0 Å². The predicted octanol–water partition coefficient (Wildman–Crippen LogP) is 3.40. The lowest BCUT2D eigenvalue weighted by Crippen LogP contribution is -2.18. The molecule has 16 heavy (non-hydrogen) atoms. The van der Waals surface area contributed by atoms with Gasteiger partial charge in [-0.3, -0.25) is 4.79 Å². The first-order chi connectivity index (χ1) is 7.65. The standard InChI is InChI=1S/C14H19NO/c1-4-5-8-12-9-6-7-10-13(12)15-14(16)11(2)3/h4,6-7,9-11H,1,5,8H2,2-3H3,(H,15,16). The number of anilines is 1. The molecule has 0 heterocycles. The van der Waals surface area contributed by atoms with Gasteiger partial charge in [0, 0.05) is 11.6 Å². The molecule has 0 bridgehead atoms. The molecular formula is C14H19NO. The van der Waals surface area contributed by atoms with Gasteiger partial charge in [-0.1, -0.05) is 38.1 Å². The van der Waals surface area contributed by atoms with E-state index >= 15 is 0 Å². The molecule has 2 nitrogen and oxygen atoms in total. The third-order valence-corrected chi connectivity index (χ3v) is 2.42. The lowest BCUT2D eigenvalue weighted by atomic mass is 10.1. The molecule has 1 amide bonds. The van der Waals surface area contributed by atoms with Crippen molar-refractivity contribution in [1.82, 2.24) is 0 Å². The van der Waals surface area contributed by atoms with Crippen molar-refractivity contribution in [2.75, 3.05) is 5.32 Å². The van der Waals surface area contributed by atoms with Crippen molar-refractivity contribution in [2.24, 2.45) is 5.92 Å². The van der Waals surface area contributed by atoms with Gasteiger partial charge < -0.3 is 5.32 Å². The number of rotatable bonds is 5. The minimum absolute atomic E-state index is 0.00691. The van der Waals surface area contributed by atoms with Gasteiger partial charge in [-0.25, -0.2) is 0 Å².